The zero-order valence-corrected chi connectivity index (χ0v) is 23.6. The van der Waals surface area contributed by atoms with E-state index in [-0.39, 0.29) is 12.1 Å². The first kappa shape index (κ1) is 29.2. The fourth-order valence-electron chi connectivity index (χ4n) is 4.14. The van der Waals surface area contributed by atoms with Crippen molar-refractivity contribution in [2.24, 2.45) is 0 Å². The summed E-state index contributed by atoms with van der Waals surface area (Å²) in [5.74, 6) is -0.476. The molecule has 0 unspecified atom stereocenters. The molecule has 0 aliphatic carbocycles. The molecular formula is C30H34N2O7. The number of benzene rings is 2. The van der Waals surface area contributed by atoms with Crippen LogP contribution in [0.3, 0.4) is 0 Å². The summed E-state index contributed by atoms with van der Waals surface area (Å²) in [6.07, 6.45) is 1.04. The van der Waals surface area contributed by atoms with E-state index in [0.717, 1.165) is 11.1 Å². The predicted molar refractivity (Wildman–Crippen MR) is 147 cm³/mol. The van der Waals surface area contributed by atoms with Crippen molar-refractivity contribution in [1.82, 2.24) is 4.98 Å². The van der Waals surface area contributed by atoms with Gasteiger partial charge in [-0.1, -0.05) is 18.2 Å². The van der Waals surface area contributed by atoms with Crippen LogP contribution in [-0.4, -0.2) is 49.9 Å². The highest BCUT2D eigenvalue weighted by atomic mass is 16.6. The monoisotopic (exact) mass is 534 g/mol. The molecule has 1 amide bonds. The van der Waals surface area contributed by atoms with Crippen LogP contribution in [0.5, 0.6) is 5.75 Å². The summed E-state index contributed by atoms with van der Waals surface area (Å²) in [6, 6.07) is 11.7. The molecule has 0 radical (unpaired) electrons. The largest absolute Gasteiger partial charge is 0.496 e. The van der Waals surface area contributed by atoms with Crippen LogP contribution in [0.25, 0.3) is 11.1 Å². The Morgan fingerprint density at radius 2 is 1.59 bits per heavy atom. The summed E-state index contributed by atoms with van der Waals surface area (Å²) < 4.78 is 21.2. The smallest absolute Gasteiger partial charge is 0.415 e. The van der Waals surface area contributed by atoms with Crippen LogP contribution in [-0.2, 0) is 20.8 Å². The lowest BCUT2D eigenvalue weighted by Gasteiger charge is -2.28. The molecule has 206 valence electrons. The number of aromatic nitrogens is 1. The fraction of sp³-hybridized carbons (Fsp3) is 0.333. The predicted octanol–water partition coefficient (Wildman–Crippen LogP) is 5.89. The van der Waals surface area contributed by atoms with Crippen molar-refractivity contribution in [2.75, 3.05) is 26.2 Å². The maximum absolute atomic E-state index is 13.6. The first-order valence-corrected chi connectivity index (χ1v) is 12.3. The number of carbonyl (C=O) groups excluding carboxylic acids is 3. The topological polar surface area (TPSA) is 104 Å². The molecule has 0 aliphatic rings. The Kier molecular flexibility index (Phi) is 8.96. The van der Waals surface area contributed by atoms with Crippen LogP contribution in [0.15, 0.2) is 48.7 Å². The fourth-order valence-corrected chi connectivity index (χ4v) is 4.14. The van der Waals surface area contributed by atoms with Crippen LogP contribution in [0, 0.1) is 13.8 Å². The van der Waals surface area contributed by atoms with E-state index in [2.05, 4.69) is 4.98 Å². The first-order chi connectivity index (χ1) is 18.4. The zero-order valence-electron chi connectivity index (χ0n) is 23.6. The Bertz CT molecular complexity index is 1390. The second kappa shape index (κ2) is 12.0. The standard InChI is InChI=1S/C30H34N2O7/c1-18-16-31-25(19(2)26(18)36-6)17-32(29(35)39-30(3,4)5)22-14-20(13-21(15-22)27(33)37-7)23-11-9-10-12-24(23)28(34)38-8/h9-16H,17H2,1-8H3. The summed E-state index contributed by atoms with van der Waals surface area (Å²) >= 11 is 0. The van der Waals surface area contributed by atoms with Gasteiger partial charge in [0.1, 0.15) is 11.4 Å². The molecule has 1 heterocycles. The molecule has 2 aromatic carbocycles. The lowest BCUT2D eigenvalue weighted by Crippen LogP contribution is -2.37. The quantitative estimate of drug-likeness (QED) is 0.273. The lowest BCUT2D eigenvalue weighted by molar-refractivity contribution is 0.0569. The van der Waals surface area contributed by atoms with E-state index >= 15 is 0 Å². The van der Waals surface area contributed by atoms with E-state index in [0.29, 0.717) is 33.8 Å². The van der Waals surface area contributed by atoms with Gasteiger partial charge in [-0.15, -0.1) is 0 Å². The molecule has 0 saturated carbocycles. The van der Waals surface area contributed by atoms with Gasteiger partial charge in [0.15, 0.2) is 0 Å². The number of hydrogen-bond acceptors (Lipinski definition) is 8. The van der Waals surface area contributed by atoms with E-state index < -0.39 is 23.6 Å². The average Bonchev–Trinajstić information content (AvgIpc) is 2.90. The Hall–Kier alpha value is -4.40. The van der Waals surface area contributed by atoms with Crippen LogP contribution in [0.1, 0.15) is 58.3 Å². The van der Waals surface area contributed by atoms with E-state index in [1.54, 1.807) is 76.5 Å². The maximum Gasteiger partial charge on any atom is 0.415 e. The second-order valence-corrected chi connectivity index (χ2v) is 9.91. The number of carbonyl (C=O) groups is 3. The molecule has 9 heteroatoms. The number of methoxy groups -OCH3 is 3. The molecule has 9 nitrogen and oxygen atoms in total. The maximum atomic E-state index is 13.6. The number of pyridine rings is 1. The summed E-state index contributed by atoms with van der Waals surface area (Å²) in [6.45, 7) is 9.09. The summed E-state index contributed by atoms with van der Waals surface area (Å²) in [7, 11) is 4.15. The normalized spacial score (nSPS) is 11.0. The van der Waals surface area contributed by atoms with Gasteiger partial charge in [0.2, 0.25) is 0 Å². The third-order valence-electron chi connectivity index (χ3n) is 5.97. The molecule has 1 aromatic heterocycles. The molecule has 3 aromatic rings. The molecule has 0 spiro atoms. The summed E-state index contributed by atoms with van der Waals surface area (Å²) in [4.78, 5) is 44.7. The minimum Gasteiger partial charge on any atom is -0.496 e. The highest BCUT2D eigenvalue weighted by molar-refractivity contribution is 6.00. The number of amides is 1. The van der Waals surface area contributed by atoms with Crippen molar-refractivity contribution in [3.63, 3.8) is 0 Å². The van der Waals surface area contributed by atoms with E-state index in [1.807, 2.05) is 13.8 Å². The molecule has 0 aliphatic heterocycles. The van der Waals surface area contributed by atoms with Gasteiger partial charge in [-0.05, 0) is 70.0 Å². The number of rotatable bonds is 7. The number of hydrogen-bond donors (Lipinski definition) is 0. The van der Waals surface area contributed by atoms with E-state index in [4.69, 9.17) is 18.9 Å². The Labute approximate surface area is 228 Å². The van der Waals surface area contributed by atoms with Crippen molar-refractivity contribution < 1.29 is 33.3 Å². The van der Waals surface area contributed by atoms with Crippen LogP contribution < -0.4 is 9.64 Å². The second-order valence-electron chi connectivity index (χ2n) is 9.91. The lowest BCUT2D eigenvalue weighted by atomic mass is 9.97. The first-order valence-electron chi connectivity index (χ1n) is 12.3. The zero-order chi connectivity index (χ0) is 28.9. The van der Waals surface area contributed by atoms with Gasteiger partial charge in [0.05, 0.1) is 44.7 Å². The van der Waals surface area contributed by atoms with E-state index in [1.165, 1.54) is 19.1 Å². The number of esters is 2. The molecule has 0 N–H and O–H groups in total. The van der Waals surface area contributed by atoms with Crippen molar-refractivity contribution in [1.29, 1.82) is 0 Å². The number of nitrogens with zero attached hydrogens (tertiary/aromatic N) is 2. The van der Waals surface area contributed by atoms with Crippen molar-refractivity contribution >= 4 is 23.7 Å². The Balaban J connectivity index is 2.26. The number of aryl methyl sites for hydroxylation is 1. The van der Waals surface area contributed by atoms with Gasteiger partial charge in [0.25, 0.3) is 0 Å². The summed E-state index contributed by atoms with van der Waals surface area (Å²) in [5.41, 5.74) is 3.29. The van der Waals surface area contributed by atoms with E-state index in [9.17, 15) is 14.4 Å². The van der Waals surface area contributed by atoms with Gasteiger partial charge in [-0.25, -0.2) is 14.4 Å². The Morgan fingerprint density at radius 1 is 0.923 bits per heavy atom. The number of anilines is 1. The third-order valence-corrected chi connectivity index (χ3v) is 5.97. The highest BCUT2D eigenvalue weighted by Gasteiger charge is 2.27. The van der Waals surface area contributed by atoms with Gasteiger partial charge < -0.3 is 18.9 Å². The highest BCUT2D eigenvalue weighted by Crippen LogP contribution is 2.33. The van der Waals surface area contributed by atoms with Gasteiger partial charge in [0, 0.05) is 23.0 Å². The molecule has 0 bridgehead atoms. The molecule has 0 fully saturated rings. The molecular weight excluding hydrogens is 500 g/mol. The number of ether oxygens (including phenoxy) is 4. The van der Waals surface area contributed by atoms with Gasteiger partial charge >= 0.3 is 18.0 Å². The Morgan fingerprint density at radius 3 is 2.21 bits per heavy atom. The van der Waals surface area contributed by atoms with Crippen molar-refractivity contribution in [3.8, 4) is 16.9 Å². The SMILES string of the molecule is COC(=O)c1cc(-c2ccccc2C(=O)OC)cc(N(Cc2ncc(C)c(OC)c2C)C(=O)OC(C)(C)C)c1. The van der Waals surface area contributed by atoms with Crippen LogP contribution in [0.2, 0.25) is 0 Å². The minimum absolute atomic E-state index is 0.0279. The molecule has 39 heavy (non-hydrogen) atoms. The van der Waals surface area contributed by atoms with Crippen LogP contribution >= 0.6 is 0 Å². The molecule has 3 rings (SSSR count). The third kappa shape index (κ3) is 6.73. The van der Waals surface area contributed by atoms with Crippen molar-refractivity contribution in [3.05, 3.63) is 76.6 Å². The average molecular weight is 535 g/mol. The van der Waals surface area contributed by atoms with Crippen molar-refractivity contribution in [2.45, 2.75) is 46.8 Å². The molecule has 0 atom stereocenters. The van der Waals surface area contributed by atoms with Gasteiger partial charge in [-0.2, -0.15) is 0 Å². The molecule has 0 saturated heterocycles. The summed E-state index contributed by atoms with van der Waals surface area (Å²) in [5, 5.41) is 0. The minimum atomic E-state index is -0.789. The van der Waals surface area contributed by atoms with Gasteiger partial charge in [-0.3, -0.25) is 9.88 Å². The van der Waals surface area contributed by atoms with Crippen LogP contribution in [0.4, 0.5) is 10.5 Å².